The number of carbonyl (C=O) groups excluding carboxylic acids is 1. The third-order valence-electron chi connectivity index (χ3n) is 3.77. The zero-order chi connectivity index (χ0) is 17.6. The van der Waals surface area contributed by atoms with E-state index in [1.165, 1.54) is 23.8 Å². The maximum Gasteiger partial charge on any atom is 0.259 e. The summed E-state index contributed by atoms with van der Waals surface area (Å²) in [6, 6.07) is 17.5. The first-order valence-electron chi connectivity index (χ1n) is 8.03. The van der Waals surface area contributed by atoms with Gasteiger partial charge in [-0.1, -0.05) is 31.2 Å². The molecule has 2 N–H and O–H groups in total. The van der Waals surface area contributed by atoms with Gasteiger partial charge in [0.15, 0.2) is 0 Å². The van der Waals surface area contributed by atoms with Crippen LogP contribution in [-0.4, -0.2) is 10.9 Å². The fourth-order valence-corrected chi connectivity index (χ4v) is 2.36. The first-order valence-corrected chi connectivity index (χ1v) is 8.03. The minimum atomic E-state index is -0.561. The van der Waals surface area contributed by atoms with Crippen molar-refractivity contribution in [1.29, 1.82) is 0 Å². The van der Waals surface area contributed by atoms with Crippen LogP contribution in [-0.2, 0) is 6.42 Å². The smallest absolute Gasteiger partial charge is 0.259 e. The molecule has 3 aromatic rings. The van der Waals surface area contributed by atoms with Gasteiger partial charge in [-0.2, -0.15) is 0 Å². The minimum Gasteiger partial charge on any atom is -0.354 e. The molecule has 0 spiro atoms. The Kier molecular flexibility index (Phi) is 5.04. The number of aryl methyl sites for hydroxylation is 1. The second kappa shape index (κ2) is 7.57. The molecule has 0 aliphatic carbocycles. The Morgan fingerprint density at radius 2 is 1.72 bits per heavy atom. The highest BCUT2D eigenvalue weighted by Crippen LogP contribution is 2.18. The van der Waals surface area contributed by atoms with Crippen molar-refractivity contribution in [1.82, 2.24) is 4.98 Å². The largest absolute Gasteiger partial charge is 0.354 e. The van der Waals surface area contributed by atoms with E-state index < -0.39 is 11.7 Å². The van der Waals surface area contributed by atoms with Crippen LogP contribution in [0.15, 0.2) is 66.9 Å². The van der Waals surface area contributed by atoms with Crippen LogP contribution in [0.5, 0.6) is 0 Å². The van der Waals surface area contributed by atoms with Crippen molar-refractivity contribution in [3.8, 4) is 0 Å². The number of nitrogens with one attached hydrogen (secondary N) is 2. The van der Waals surface area contributed by atoms with E-state index in [4.69, 9.17) is 0 Å². The van der Waals surface area contributed by atoms with Crippen LogP contribution in [0.1, 0.15) is 22.8 Å². The summed E-state index contributed by atoms with van der Waals surface area (Å²) in [5.74, 6) is -0.726. The van der Waals surface area contributed by atoms with Gasteiger partial charge in [0.2, 0.25) is 0 Å². The van der Waals surface area contributed by atoms with Gasteiger partial charge in [-0.3, -0.25) is 4.79 Å². The summed E-state index contributed by atoms with van der Waals surface area (Å²) < 4.78 is 13.6. The predicted octanol–water partition coefficient (Wildman–Crippen LogP) is 4.78. The molecule has 1 aromatic heterocycles. The Bertz CT molecular complexity index is 861. The number of anilines is 3. The molecular weight excluding hydrogens is 317 g/mol. The van der Waals surface area contributed by atoms with E-state index in [0.29, 0.717) is 5.82 Å². The van der Waals surface area contributed by atoms with E-state index in [1.54, 1.807) is 24.4 Å². The van der Waals surface area contributed by atoms with Crippen molar-refractivity contribution in [3.63, 3.8) is 0 Å². The number of aromatic nitrogens is 1. The number of hydrogen-bond acceptors (Lipinski definition) is 3. The van der Waals surface area contributed by atoms with Crippen LogP contribution in [0.2, 0.25) is 0 Å². The summed E-state index contributed by atoms with van der Waals surface area (Å²) in [7, 11) is 0. The van der Waals surface area contributed by atoms with Crippen LogP contribution in [0.4, 0.5) is 21.6 Å². The van der Waals surface area contributed by atoms with Crippen molar-refractivity contribution in [2.45, 2.75) is 13.3 Å². The average molecular weight is 335 g/mol. The molecule has 4 nitrogen and oxygen atoms in total. The summed E-state index contributed by atoms with van der Waals surface area (Å²) in [5.41, 5.74) is 3.02. The summed E-state index contributed by atoms with van der Waals surface area (Å²) >= 11 is 0. The second-order valence-corrected chi connectivity index (χ2v) is 5.54. The zero-order valence-electron chi connectivity index (χ0n) is 13.8. The fourth-order valence-electron chi connectivity index (χ4n) is 2.36. The third-order valence-corrected chi connectivity index (χ3v) is 3.77. The monoisotopic (exact) mass is 335 g/mol. The molecule has 1 heterocycles. The van der Waals surface area contributed by atoms with Gasteiger partial charge < -0.3 is 10.6 Å². The van der Waals surface area contributed by atoms with E-state index in [9.17, 15) is 9.18 Å². The highest BCUT2D eigenvalue weighted by atomic mass is 19.1. The minimum absolute atomic E-state index is 0.0116. The van der Waals surface area contributed by atoms with E-state index >= 15 is 0 Å². The number of nitrogens with zero attached hydrogens (tertiary/aromatic N) is 1. The molecule has 0 aliphatic heterocycles. The summed E-state index contributed by atoms with van der Waals surface area (Å²) in [4.78, 5) is 16.3. The molecule has 126 valence electrons. The Morgan fingerprint density at radius 1 is 1.00 bits per heavy atom. The molecule has 0 unspecified atom stereocenters. The Balaban J connectivity index is 1.65. The van der Waals surface area contributed by atoms with Gasteiger partial charge in [0.1, 0.15) is 11.6 Å². The lowest BCUT2D eigenvalue weighted by molar-refractivity contribution is 0.102. The van der Waals surface area contributed by atoms with Gasteiger partial charge in [-0.25, -0.2) is 9.37 Å². The van der Waals surface area contributed by atoms with Crippen LogP contribution in [0, 0.1) is 5.82 Å². The number of hydrogen-bond donors (Lipinski definition) is 2. The number of halogens is 1. The van der Waals surface area contributed by atoms with Crippen LogP contribution < -0.4 is 10.6 Å². The molecule has 0 saturated carbocycles. The molecule has 25 heavy (non-hydrogen) atoms. The van der Waals surface area contributed by atoms with Gasteiger partial charge in [-0.05, 0) is 48.4 Å². The number of amides is 1. The number of pyridine rings is 1. The molecule has 0 fully saturated rings. The first kappa shape index (κ1) is 16.6. The zero-order valence-corrected chi connectivity index (χ0v) is 13.8. The van der Waals surface area contributed by atoms with Crippen LogP contribution in [0.25, 0.3) is 0 Å². The Morgan fingerprint density at radius 3 is 2.36 bits per heavy atom. The topological polar surface area (TPSA) is 54.0 Å². The normalized spacial score (nSPS) is 10.3. The molecule has 0 saturated heterocycles. The number of carbonyl (C=O) groups is 1. The van der Waals surface area contributed by atoms with Crippen molar-refractivity contribution in [2.24, 2.45) is 0 Å². The number of benzene rings is 2. The van der Waals surface area contributed by atoms with Crippen molar-refractivity contribution in [3.05, 3.63) is 83.8 Å². The molecule has 2 aromatic carbocycles. The SMILES string of the molecule is CCc1ccc(Nc2ccc(NC(=O)c3ccccc3F)nc2)cc1. The van der Waals surface area contributed by atoms with Crippen molar-refractivity contribution < 1.29 is 9.18 Å². The Hall–Kier alpha value is -3.21. The van der Waals surface area contributed by atoms with Gasteiger partial charge in [0.05, 0.1) is 17.4 Å². The van der Waals surface area contributed by atoms with E-state index in [2.05, 4.69) is 34.7 Å². The summed E-state index contributed by atoms with van der Waals surface area (Å²) in [6.45, 7) is 2.11. The molecule has 5 heteroatoms. The summed E-state index contributed by atoms with van der Waals surface area (Å²) in [6.07, 6.45) is 2.61. The lowest BCUT2D eigenvalue weighted by Gasteiger charge is -2.09. The van der Waals surface area contributed by atoms with E-state index in [1.807, 2.05) is 12.1 Å². The first-order chi connectivity index (χ1) is 12.2. The lowest BCUT2D eigenvalue weighted by atomic mass is 10.1. The van der Waals surface area contributed by atoms with Crippen LogP contribution >= 0.6 is 0 Å². The fraction of sp³-hybridized carbons (Fsp3) is 0.100. The Labute approximate surface area is 145 Å². The molecule has 0 radical (unpaired) electrons. The third kappa shape index (κ3) is 4.20. The average Bonchev–Trinajstić information content (AvgIpc) is 2.64. The van der Waals surface area contributed by atoms with E-state index in [0.717, 1.165) is 17.8 Å². The lowest BCUT2D eigenvalue weighted by Crippen LogP contribution is -2.14. The highest BCUT2D eigenvalue weighted by Gasteiger charge is 2.11. The molecular formula is C20H18FN3O. The summed E-state index contributed by atoms with van der Waals surface area (Å²) in [5, 5.41) is 5.83. The van der Waals surface area contributed by atoms with Crippen molar-refractivity contribution >= 4 is 23.1 Å². The second-order valence-electron chi connectivity index (χ2n) is 5.54. The molecule has 0 bridgehead atoms. The molecule has 3 rings (SSSR count). The predicted molar refractivity (Wildman–Crippen MR) is 97.7 cm³/mol. The number of rotatable bonds is 5. The van der Waals surface area contributed by atoms with Gasteiger partial charge in [0.25, 0.3) is 5.91 Å². The van der Waals surface area contributed by atoms with Crippen molar-refractivity contribution in [2.75, 3.05) is 10.6 Å². The van der Waals surface area contributed by atoms with Gasteiger partial charge in [-0.15, -0.1) is 0 Å². The molecule has 0 aliphatic rings. The maximum absolute atomic E-state index is 13.6. The molecule has 0 atom stereocenters. The standard InChI is InChI=1S/C20H18FN3O/c1-2-14-7-9-15(10-8-14)23-16-11-12-19(22-13-16)24-20(25)17-5-3-4-6-18(17)21/h3-13,23H,2H2,1H3,(H,22,24,25). The quantitative estimate of drug-likeness (QED) is 0.705. The molecule has 1 amide bonds. The van der Waals surface area contributed by atoms with Gasteiger partial charge in [0, 0.05) is 5.69 Å². The van der Waals surface area contributed by atoms with Gasteiger partial charge >= 0.3 is 0 Å². The van der Waals surface area contributed by atoms with E-state index in [-0.39, 0.29) is 5.56 Å². The van der Waals surface area contributed by atoms with Crippen LogP contribution in [0.3, 0.4) is 0 Å². The maximum atomic E-state index is 13.6. The highest BCUT2D eigenvalue weighted by molar-refractivity contribution is 6.03.